The van der Waals surface area contributed by atoms with E-state index in [2.05, 4.69) is 20.5 Å². The summed E-state index contributed by atoms with van der Waals surface area (Å²) in [5, 5.41) is 15.9. The Morgan fingerprint density at radius 2 is 1.97 bits per heavy atom. The van der Waals surface area contributed by atoms with Gasteiger partial charge >= 0.3 is 18.7 Å². The standard InChI is InChI=1S/C18H15ClF7N5O2S/c1-28-14(11(33-16(20)21)12(27)17(22,23)18(24,25)26)31-6-7(5-29-31)10-4-9(13(19)34-10)15(32)30-8-2-3-8/h4-6,8,16,27-28H,2-3H2,1H3,(H,30,32)/b14-11-,27-12?. The minimum Gasteiger partial charge on any atom is -0.429 e. The summed E-state index contributed by atoms with van der Waals surface area (Å²) in [6.07, 6.45) is -2.33. The highest BCUT2D eigenvalue weighted by Crippen LogP contribution is 2.40. The molecule has 0 unspecified atom stereocenters. The van der Waals surface area contributed by atoms with Crippen molar-refractivity contribution in [1.29, 1.82) is 5.41 Å². The molecule has 2 aromatic rings. The Bertz CT molecular complexity index is 1120. The number of ether oxygens (including phenoxy) is 1. The number of nitrogens with one attached hydrogen (secondary N) is 3. The number of aromatic nitrogens is 2. The molecule has 0 saturated heterocycles. The number of amides is 1. The highest BCUT2D eigenvalue weighted by Gasteiger charge is 2.62. The lowest BCUT2D eigenvalue weighted by Gasteiger charge is -2.23. The number of hydrogen-bond acceptors (Lipinski definition) is 6. The summed E-state index contributed by atoms with van der Waals surface area (Å²) in [5.74, 6) is -8.84. The Kier molecular flexibility index (Phi) is 7.17. The lowest BCUT2D eigenvalue weighted by Crippen LogP contribution is -2.45. The second-order valence-corrected chi connectivity index (χ2v) is 8.63. The second kappa shape index (κ2) is 9.44. The van der Waals surface area contributed by atoms with Gasteiger partial charge in [0.25, 0.3) is 5.91 Å². The van der Waals surface area contributed by atoms with Crippen molar-refractivity contribution in [2.45, 2.75) is 37.6 Å². The van der Waals surface area contributed by atoms with Gasteiger partial charge in [-0.2, -0.15) is 35.8 Å². The van der Waals surface area contributed by atoms with Crippen molar-refractivity contribution in [2.24, 2.45) is 0 Å². The maximum atomic E-state index is 13.7. The van der Waals surface area contributed by atoms with E-state index < -0.39 is 41.9 Å². The zero-order valence-electron chi connectivity index (χ0n) is 16.9. The molecule has 1 aliphatic carbocycles. The summed E-state index contributed by atoms with van der Waals surface area (Å²) in [5.41, 5.74) is -2.14. The molecule has 34 heavy (non-hydrogen) atoms. The average Bonchev–Trinajstić information content (AvgIpc) is 3.25. The fraction of sp³-hybridized carbons (Fsp3) is 0.389. The highest BCUT2D eigenvalue weighted by atomic mass is 35.5. The molecule has 1 fully saturated rings. The zero-order valence-corrected chi connectivity index (χ0v) is 18.5. The van der Waals surface area contributed by atoms with Crippen LogP contribution in [0.4, 0.5) is 30.7 Å². The summed E-state index contributed by atoms with van der Waals surface area (Å²) in [7, 11) is 1.02. The van der Waals surface area contributed by atoms with E-state index in [4.69, 9.17) is 17.0 Å². The number of carbonyl (C=O) groups is 1. The van der Waals surface area contributed by atoms with Gasteiger partial charge in [0.05, 0.1) is 11.8 Å². The van der Waals surface area contributed by atoms with E-state index in [0.29, 0.717) is 9.56 Å². The molecule has 0 atom stereocenters. The third-order valence-corrected chi connectivity index (χ3v) is 5.90. The summed E-state index contributed by atoms with van der Waals surface area (Å²) in [4.78, 5) is 12.6. The van der Waals surface area contributed by atoms with Crippen molar-refractivity contribution in [3.63, 3.8) is 0 Å². The van der Waals surface area contributed by atoms with Crippen molar-refractivity contribution in [2.75, 3.05) is 7.05 Å². The molecule has 16 heteroatoms. The minimum atomic E-state index is -6.24. The van der Waals surface area contributed by atoms with Gasteiger partial charge in [-0.1, -0.05) is 11.6 Å². The molecular weight excluding hydrogens is 519 g/mol. The van der Waals surface area contributed by atoms with E-state index in [1.54, 1.807) is 0 Å². The number of rotatable bonds is 9. The number of hydrogen-bond donors (Lipinski definition) is 3. The number of halogens is 8. The SMILES string of the molecule is CN/C(=C(/OC(F)F)C(=N)C(F)(F)C(F)(F)F)n1cc(-c2cc(C(=O)NC3CC3)c(Cl)s2)cn1. The van der Waals surface area contributed by atoms with Crippen LogP contribution in [0.25, 0.3) is 16.3 Å². The molecule has 0 spiro atoms. The van der Waals surface area contributed by atoms with Crippen LogP contribution < -0.4 is 10.6 Å². The Morgan fingerprint density at radius 3 is 2.50 bits per heavy atom. The number of allylic oxidation sites excluding steroid dienone is 1. The van der Waals surface area contributed by atoms with Crippen LogP contribution in [-0.2, 0) is 4.74 Å². The molecule has 7 nitrogen and oxygen atoms in total. The number of thiophene rings is 1. The monoisotopic (exact) mass is 533 g/mol. The fourth-order valence-electron chi connectivity index (χ4n) is 2.67. The van der Waals surface area contributed by atoms with E-state index in [1.165, 1.54) is 6.07 Å². The predicted octanol–water partition coefficient (Wildman–Crippen LogP) is 4.96. The molecular formula is C18H15ClF7N5O2S. The van der Waals surface area contributed by atoms with Crippen LogP contribution in [-0.4, -0.2) is 53.2 Å². The van der Waals surface area contributed by atoms with Gasteiger partial charge in [0, 0.05) is 29.7 Å². The van der Waals surface area contributed by atoms with Gasteiger partial charge in [0.1, 0.15) is 4.34 Å². The van der Waals surface area contributed by atoms with Crippen molar-refractivity contribution in [1.82, 2.24) is 20.4 Å². The molecule has 1 aliphatic rings. The van der Waals surface area contributed by atoms with Crippen LogP contribution in [0.3, 0.4) is 0 Å². The summed E-state index contributed by atoms with van der Waals surface area (Å²) in [6.45, 7) is -3.82. The Hall–Kier alpha value is -2.81. The Morgan fingerprint density at radius 1 is 1.32 bits per heavy atom. The lowest BCUT2D eigenvalue weighted by molar-refractivity contribution is -0.250. The van der Waals surface area contributed by atoms with E-state index in [-0.39, 0.29) is 21.5 Å². The van der Waals surface area contributed by atoms with Gasteiger partial charge < -0.3 is 15.4 Å². The maximum Gasteiger partial charge on any atom is 0.459 e. The van der Waals surface area contributed by atoms with Crippen LogP contribution in [0, 0.1) is 5.41 Å². The molecule has 0 aliphatic heterocycles. The van der Waals surface area contributed by atoms with Gasteiger partial charge in [-0.3, -0.25) is 10.2 Å². The smallest absolute Gasteiger partial charge is 0.429 e. The quantitative estimate of drug-likeness (QED) is 0.241. The lowest BCUT2D eigenvalue weighted by atomic mass is 10.1. The van der Waals surface area contributed by atoms with Crippen LogP contribution in [0.1, 0.15) is 23.2 Å². The number of alkyl halides is 7. The molecule has 0 aromatic carbocycles. The van der Waals surface area contributed by atoms with E-state index in [1.807, 2.05) is 0 Å². The van der Waals surface area contributed by atoms with Gasteiger partial charge in [-0.15, -0.1) is 11.3 Å². The first-order valence-electron chi connectivity index (χ1n) is 9.32. The highest BCUT2D eigenvalue weighted by molar-refractivity contribution is 7.19. The number of nitrogens with zero attached hydrogens (tertiary/aromatic N) is 2. The Balaban J connectivity index is 1.99. The molecule has 2 aromatic heterocycles. The Labute approximate surface area is 196 Å². The van der Waals surface area contributed by atoms with Gasteiger partial charge in [0.2, 0.25) is 0 Å². The van der Waals surface area contributed by atoms with Crippen molar-refractivity contribution in [3.8, 4) is 10.4 Å². The van der Waals surface area contributed by atoms with E-state index in [0.717, 1.165) is 43.6 Å². The molecule has 2 heterocycles. The maximum absolute atomic E-state index is 13.7. The third kappa shape index (κ3) is 5.29. The first kappa shape index (κ1) is 25.8. The van der Waals surface area contributed by atoms with Gasteiger partial charge in [-0.05, 0) is 18.9 Å². The summed E-state index contributed by atoms with van der Waals surface area (Å²) in [6, 6.07) is 1.49. The normalized spacial score (nSPS) is 15.2. The van der Waals surface area contributed by atoms with Gasteiger partial charge in [-0.25, -0.2) is 4.68 Å². The fourth-order valence-corrected chi connectivity index (χ4v) is 3.91. The van der Waals surface area contributed by atoms with E-state index in [9.17, 15) is 35.5 Å². The molecule has 0 bridgehead atoms. The summed E-state index contributed by atoms with van der Waals surface area (Å²) >= 11 is 7.08. The minimum absolute atomic E-state index is 0.0661. The molecule has 1 amide bonds. The average molecular weight is 534 g/mol. The van der Waals surface area contributed by atoms with E-state index >= 15 is 0 Å². The zero-order chi connectivity index (χ0) is 25.4. The molecule has 0 radical (unpaired) electrons. The summed E-state index contributed by atoms with van der Waals surface area (Å²) < 4.78 is 95.9. The molecule has 1 saturated carbocycles. The first-order valence-corrected chi connectivity index (χ1v) is 10.5. The first-order chi connectivity index (χ1) is 15.8. The van der Waals surface area contributed by atoms with Gasteiger partial charge in [0.15, 0.2) is 17.3 Å². The predicted molar refractivity (Wildman–Crippen MR) is 109 cm³/mol. The van der Waals surface area contributed by atoms with Crippen LogP contribution in [0.5, 0.6) is 0 Å². The largest absolute Gasteiger partial charge is 0.459 e. The number of carbonyl (C=O) groups excluding carboxylic acids is 1. The molecule has 3 rings (SSSR count). The van der Waals surface area contributed by atoms with Crippen molar-refractivity contribution < 1.29 is 40.3 Å². The topological polar surface area (TPSA) is 92.0 Å². The second-order valence-electron chi connectivity index (χ2n) is 6.97. The molecule has 186 valence electrons. The van der Waals surface area contributed by atoms with Crippen molar-refractivity contribution >= 4 is 40.4 Å². The third-order valence-electron chi connectivity index (χ3n) is 4.50. The van der Waals surface area contributed by atoms with Crippen LogP contribution in [0.15, 0.2) is 24.2 Å². The molecule has 3 N–H and O–H groups in total. The van der Waals surface area contributed by atoms with Crippen LogP contribution >= 0.6 is 22.9 Å². The van der Waals surface area contributed by atoms with Crippen LogP contribution in [0.2, 0.25) is 4.34 Å². The van der Waals surface area contributed by atoms with Crippen molar-refractivity contribution in [3.05, 3.63) is 34.1 Å².